The average molecular weight is 419 g/mol. The van der Waals surface area contributed by atoms with E-state index in [1.54, 1.807) is 30.3 Å². The summed E-state index contributed by atoms with van der Waals surface area (Å²) in [5.41, 5.74) is 1.69. The van der Waals surface area contributed by atoms with Crippen LogP contribution in [0.25, 0.3) is 0 Å². The van der Waals surface area contributed by atoms with E-state index in [0.717, 1.165) is 6.29 Å². The number of rotatable bonds is 10. The normalized spacial score (nSPS) is 11.3. The zero-order valence-electron chi connectivity index (χ0n) is 17.5. The van der Waals surface area contributed by atoms with Gasteiger partial charge in [0.05, 0.1) is 18.9 Å². The zero-order chi connectivity index (χ0) is 22.1. The summed E-state index contributed by atoms with van der Waals surface area (Å²) < 4.78 is 17.4. The van der Waals surface area contributed by atoms with E-state index in [1.807, 2.05) is 56.3 Å². The third kappa shape index (κ3) is 5.63. The first-order valence-electron chi connectivity index (χ1n) is 10.1. The topological polar surface area (TPSA) is 73.9 Å². The SMILES string of the molecule is CCOc1ccccc1NC(=O)[C@@H](Oc1ccc(C=O)cc1OCC)c1ccccc1. The van der Waals surface area contributed by atoms with Crippen molar-refractivity contribution in [1.82, 2.24) is 0 Å². The Morgan fingerprint density at radius 1 is 0.871 bits per heavy atom. The molecule has 1 N–H and O–H groups in total. The summed E-state index contributed by atoms with van der Waals surface area (Å²) in [5.74, 6) is 0.987. The summed E-state index contributed by atoms with van der Waals surface area (Å²) >= 11 is 0. The lowest BCUT2D eigenvalue weighted by Crippen LogP contribution is -2.26. The van der Waals surface area contributed by atoms with Crippen LogP contribution in [0.5, 0.6) is 17.2 Å². The van der Waals surface area contributed by atoms with Crippen LogP contribution < -0.4 is 19.5 Å². The van der Waals surface area contributed by atoms with E-state index in [9.17, 15) is 9.59 Å². The predicted octanol–water partition coefficient (Wildman–Crippen LogP) is 5.06. The Balaban J connectivity index is 1.93. The molecule has 160 valence electrons. The van der Waals surface area contributed by atoms with Crippen LogP contribution in [0.15, 0.2) is 72.8 Å². The molecular formula is C25H25NO5. The molecule has 0 aliphatic rings. The molecule has 3 aromatic carbocycles. The van der Waals surface area contributed by atoms with Crippen LogP contribution >= 0.6 is 0 Å². The van der Waals surface area contributed by atoms with Crippen LogP contribution in [-0.2, 0) is 4.79 Å². The molecule has 0 aromatic heterocycles. The fourth-order valence-corrected chi connectivity index (χ4v) is 3.04. The molecule has 0 bridgehead atoms. The molecule has 0 unspecified atom stereocenters. The van der Waals surface area contributed by atoms with E-state index in [1.165, 1.54) is 0 Å². The third-order valence-electron chi connectivity index (χ3n) is 4.43. The number of amides is 1. The second kappa shape index (κ2) is 10.8. The molecule has 3 aromatic rings. The van der Waals surface area contributed by atoms with Gasteiger partial charge in [-0.05, 0) is 44.2 Å². The van der Waals surface area contributed by atoms with Crippen molar-refractivity contribution < 1.29 is 23.8 Å². The fourth-order valence-electron chi connectivity index (χ4n) is 3.04. The number of benzene rings is 3. The molecule has 0 heterocycles. The first-order chi connectivity index (χ1) is 15.2. The van der Waals surface area contributed by atoms with E-state index in [0.29, 0.717) is 47.3 Å². The molecule has 1 atom stereocenters. The summed E-state index contributed by atoms with van der Waals surface area (Å²) in [5, 5.41) is 2.90. The molecule has 0 saturated heterocycles. The summed E-state index contributed by atoms with van der Waals surface area (Å²) in [6, 6.07) is 21.3. The van der Waals surface area contributed by atoms with Gasteiger partial charge in [-0.1, -0.05) is 42.5 Å². The highest BCUT2D eigenvalue weighted by Crippen LogP contribution is 2.33. The molecule has 0 saturated carbocycles. The molecule has 6 heteroatoms. The third-order valence-corrected chi connectivity index (χ3v) is 4.43. The van der Waals surface area contributed by atoms with E-state index < -0.39 is 6.10 Å². The minimum Gasteiger partial charge on any atom is -0.492 e. The minimum absolute atomic E-state index is 0.361. The van der Waals surface area contributed by atoms with Crippen LogP contribution in [0, 0.1) is 0 Å². The first kappa shape index (κ1) is 21.9. The van der Waals surface area contributed by atoms with Crippen LogP contribution in [0.3, 0.4) is 0 Å². The molecule has 3 rings (SSSR count). The molecular weight excluding hydrogens is 394 g/mol. The van der Waals surface area contributed by atoms with Crippen molar-refractivity contribution in [2.45, 2.75) is 20.0 Å². The van der Waals surface area contributed by atoms with Crippen molar-refractivity contribution in [2.24, 2.45) is 0 Å². The maximum absolute atomic E-state index is 13.3. The molecule has 0 spiro atoms. The highest BCUT2D eigenvalue weighted by Gasteiger charge is 2.25. The van der Waals surface area contributed by atoms with Gasteiger partial charge in [-0.2, -0.15) is 0 Å². The summed E-state index contributed by atoms with van der Waals surface area (Å²) in [4.78, 5) is 24.4. The largest absolute Gasteiger partial charge is 0.492 e. The maximum atomic E-state index is 13.3. The van der Waals surface area contributed by atoms with Crippen LogP contribution in [0.1, 0.15) is 35.9 Å². The Labute approximate surface area is 181 Å². The van der Waals surface area contributed by atoms with Gasteiger partial charge in [-0.15, -0.1) is 0 Å². The van der Waals surface area contributed by atoms with Gasteiger partial charge in [-0.25, -0.2) is 0 Å². The number of hydrogen-bond acceptors (Lipinski definition) is 5. The second-order valence-electron chi connectivity index (χ2n) is 6.58. The summed E-state index contributed by atoms with van der Waals surface area (Å²) in [7, 11) is 0. The van der Waals surface area contributed by atoms with Gasteiger partial charge in [0.25, 0.3) is 5.91 Å². The van der Waals surface area contributed by atoms with Gasteiger partial charge in [0.1, 0.15) is 12.0 Å². The number of carbonyl (C=O) groups excluding carboxylic acids is 2. The van der Waals surface area contributed by atoms with Crippen molar-refractivity contribution in [3.05, 3.63) is 83.9 Å². The van der Waals surface area contributed by atoms with Gasteiger partial charge in [0.2, 0.25) is 6.10 Å². The van der Waals surface area contributed by atoms with E-state index in [-0.39, 0.29) is 5.91 Å². The standard InChI is InChI=1S/C25H25NO5/c1-3-29-21-13-9-8-12-20(21)26-25(28)24(19-10-6-5-7-11-19)31-22-15-14-18(17-27)16-23(22)30-4-2/h5-17,24H,3-4H2,1-2H3,(H,26,28)/t24-/m0/s1. The zero-order valence-corrected chi connectivity index (χ0v) is 17.5. The van der Waals surface area contributed by atoms with Gasteiger partial charge < -0.3 is 19.5 Å². The number of aldehydes is 1. The van der Waals surface area contributed by atoms with Crippen LogP contribution in [-0.4, -0.2) is 25.4 Å². The number of anilines is 1. The van der Waals surface area contributed by atoms with E-state index in [2.05, 4.69) is 5.32 Å². The van der Waals surface area contributed by atoms with Gasteiger partial charge in [-0.3, -0.25) is 9.59 Å². The van der Waals surface area contributed by atoms with Crippen molar-refractivity contribution >= 4 is 17.9 Å². The Hall–Kier alpha value is -3.80. The van der Waals surface area contributed by atoms with E-state index >= 15 is 0 Å². The van der Waals surface area contributed by atoms with Crippen molar-refractivity contribution in [1.29, 1.82) is 0 Å². The lowest BCUT2D eigenvalue weighted by Gasteiger charge is -2.21. The van der Waals surface area contributed by atoms with Crippen LogP contribution in [0.2, 0.25) is 0 Å². The number of para-hydroxylation sites is 2. The molecule has 0 radical (unpaired) electrons. The number of nitrogens with one attached hydrogen (secondary N) is 1. The number of ether oxygens (including phenoxy) is 3. The van der Waals surface area contributed by atoms with Gasteiger partial charge in [0, 0.05) is 11.1 Å². The summed E-state index contributed by atoms with van der Waals surface area (Å²) in [6.07, 6.45) is -0.213. The molecule has 6 nitrogen and oxygen atoms in total. The quantitative estimate of drug-likeness (QED) is 0.465. The maximum Gasteiger partial charge on any atom is 0.270 e. The highest BCUT2D eigenvalue weighted by atomic mass is 16.5. The average Bonchev–Trinajstić information content (AvgIpc) is 2.80. The highest BCUT2D eigenvalue weighted by molar-refractivity contribution is 5.96. The minimum atomic E-state index is -0.947. The first-order valence-corrected chi connectivity index (χ1v) is 10.1. The van der Waals surface area contributed by atoms with Crippen LogP contribution in [0.4, 0.5) is 5.69 Å². The van der Waals surface area contributed by atoms with E-state index in [4.69, 9.17) is 14.2 Å². The Morgan fingerprint density at radius 3 is 2.26 bits per heavy atom. The van der Waals surface area contributed by atoms with Crippen molar-refractivity contribution in [2.75, 3.05) is 18.5 Å². The van der Waals surface area contributed by atoms with Crippen molar-refractivity contribution in [3.8, 4) is 17.2 Å². The molecule has 0 aliphatic carbocycles. The summed E-state index contributed by atoms with van der Waals surface area (Å²) in [6.45, 7) is 4.59. The Kier molecular flexibility index (Phi) is 7.65. The molecule has 0 fully saturated rings. The number of carbonyl (C=O) groups is 2. The van der Waals surface area contributed by atoms with Gasteiger partial charge >= 0.3 is 0 Å². The predicted molar refractivity (Wildman–Crippen MR) is 119 cm³/mol. The Morgan fingerprint density at radius 2 is 1.55 bits per heavy atom. The monoisotopic (exact) mass is 419 g/mol. The van der Waals surface area contributed by atoms with Gasteiger partial charge in [0.15, 0.2) is 11.5 Å². The molecule has 0 aliphatic heterocycles. The lowest BCUT2D eigenvalue weighted by atomic mass is 10.1. The number of hydrogen-bond donors (Lipinski definition) is 1. The second-order valence-corrected chi connectivity index (χ2v) is 6.58. The molecule has 31 heavy (non-hydrogen) atoms. The molecule has 1 amide bonds. The lowest BCUT2D eigenvalue weighted by molar-refractivity contribution is -0.123. The Bertz CT molecular complexity index is 1020. The smallest absolute Gasteiger partial charge is 0.270 e. The van der Waals surface area contributed by atoms with Crippen molar-refractivity contribution in [3.63, 3.8) is 0 Å². The fraction of sp³-hybridized carbons (Fsp3) is 0.200.